The van der Waals surface area contributed by atoms with Gasteiger partial charge >= 0.3 is 0 Å². The summed E-state index contributed by atoms with van der Waals surface area (Å²) in [6, 6.07) is 5.75. The van der Waals surface area contributed by atoms with Crippen LogP contribution in [0.3, 0.4) is 0 Å². The first-order valence-corrected chi connectivity index (χ1v) is 11.4. The zero-order valence-electron chi connectivity index (χ0n) is 17.1. The minimum atomic E-state index is -4.08. The molecule has 0 aliphatic rings. The van der Waals surface area contributed by atoms with E-state index in [2.05, 4.69) is 9.88 Å². The molecular formula is C18H22Cl2N6O5S. The maximum absolute atomic E-state index is 13.1. The molecule has 0 spiro atoms. The van der Waals surface area contributed by atoms with Gasteiger partial charge in [0.2, 0.25) is 21.9 Å². The fourth-order valence-electron chi connectivity index (χ4n) is 2.90. The maximum Gasteiger partial charge on any atom is 0.275 e. The summed E-state index contributed by atoms with van der Waals surface area (Å²) in [5, 5.41) is 3.87. The monoisotopic (exact) mass is 504 g/mol. The van der Waals surface area contributed by atoms with Crippen molar-refractivity contribution < 1.29 is 18.0 Å². The number of carbonyl (C=O) groups is 1. The number of hydrogen-bond donors (Lipinski definition) is 4. The molecule has 11 nitrogen and oxygen atoms in total. The van der Waals surface area contributed by atoms with Crippen LogP contribution in [-0.2, 0) is 25.4 Å². The zero-order chi connectivity index (χ0) is 24.2. The SMILES string of the molecule is Cc1ccc(NS(=O)(=O)Cc2cc(Cl)ccc2Cl)c(=O)n1C(C(N)=O)C(C)ON=C(N)N. The number of benzene rings is 1. The van der Waals surface area contributed by atoms with Crippen LogP contribution in [0.4, 0.5) is 5.69 Å². The van der Waals surface area contributed by atoms with Gasteiger partial charge in [-0.2, -0.15) is 0 Å². The second-order valence-corrected chi connectivity index (χ2v) is 9.40. The molecule has 0 fully saturated rings. The van der Waals surface area contributed by atoms with Crippen molar-refractivity contribution in [2.45, 2.75) is 31.7 Å². The number of sulfonamides is 1. The van der Waals surface area contributed by atoms with Crippen LogP contribution < -0.4 is 27.5 Å². The van der Waals surface area contributed by atoms with E-state index < -0.39 is 45.3 Å². The number of halogens is 2. The van der Waals surface area contributed by atoms with Crippen molar-refractivity contribution in [2.24, 2.45) is 22.4 Å². The lowest BCUT2D eigenvalue weighted by Gasteiger charge is -2.24. The number of primary amides is 1. The molecule has 2 rings (SSSR count). The first-order valence-electron chi connectivity index (χ1n) is 9.03. The Kier molecular flexibility index (Phi) is 7.99. The van der Waals surface area contributed by atoms with Crippen LogP contribution in [0.1, 0.15) is 24.2 Å². The molecule has 2 atom stereocenters. The van der Waals surface area contributed by atoms with Gasteiger partial charge in [0, 0.05) is 15.7 Å². The fourth-order valence-corrected chi connectivity index (χ4v) is 4.57. The van der Waals surface area contributed by atoms with Gasteiger partial charge in [0.25, 0.3) is 5.56 Å². The molecule has 2 aromatic rings. The Bertz CT molecular complexity index is 1210. The fraction of sp³-hybridized carbons (Fsp3) is 0.278. The standard InChI is InChI=1S/C18H22Cl2N6O5S/c1-9-3-6-14(25-32(29,30)8-11-7-12(19)4-5-13(11)20)17(28)26(9)15(16(21)27)10(2)31-24-18(22)23/h3-7,10,15,25H,8H2,1-2H3,(H2,21,27)(H4,22,23,24). The summed E-state index contributed by atoms with van der Waals surface area (Å²) in [6.07, 6.45) is -1.05. The molecule has 0 saturated heterocycles. The largest absolute Gasteiger partial charge is 0.387 e. The van der Waals surface area contributed by atoms with Gasteiger partial charge in [-0.15, -0.1) is 0 Å². The Morgan fingerprint density at radius 2 is 1.88 bits per heavy atom. The van der Waals surface area contributed by atoms with Gasteiger partial charge in [0.05, 0.1) is 5.75 Å². The number of amides is 1. The smallest absolute Gasteiger partial charge is 0.275 e. The number of guanidine groups is 1. The molecule has 1 aromatic heterocycles. The number of aryl methyl sites for hydroxylation is 1. The average molecular weight is 505 g/mol. The lowest BCUT2D eigenvalue weighted by molar-refractivity contribution is -0.125. The summed E-state index contributed by atoms with van der Waals surface area (Å²) in [7, 11) is -4.08. The first kappa shape index (κ1) is 25.3. The molecular weight excluding hydrogens is 483 g/mol. The Hall–Kier alpha value is -2.96. The van der Waals surface area contributed by atoms with E-state index in [9.17, 15) is 18.0 Å². The van der Waals surface area contributed by atoms with E-state index in [1.54, 1.807) is 0 Å². The Labute approximate surface area is 194 Å². The second kappa shape index (κ2) is 10.1. The van der Waals surface area contributed by atoms with Crippen molar-refractivity contribution in [1.82, 2.24) is 4.57 Å². The molecule has 14 heteroatoms. The minimum Gasteiger partial charge on any atom is -0.387 e. The van der Waals surface area contributed by atoms with Gasteiger partial charge < -0.3 is 22.0 Å². The maximum atomic E-state index is 13.1. The van der Waals surface area contributed by atoms with Crippen LogP contribution in [0.15, 0.2) is 40.3 Å². The summed E-state index contributed by atoms with van der Waals surface area (Å²) in [5.74, 6) is -1.85. The highest BCUT2D eigenvalue weighted by Gasteiger charge is 2.30. The van der Waals surface area contributed by atoms with Crippen molar-refractivity contribution in [3.05, 3.63) is 62.0 Å². The summed E-state index contributed by atoms with van der Waals surface area (Å²) in [6.45, 7) is 2.96. The van der Waals surface area contributed by atoms with Crippen LogP contribution in [-0.4, -0.2) is 31.0 Å². The van der Waals surface area contributed by atoms with Crippen molar-refractivity contribution in [3.8, 4) is 0 Å². The van der Waals surface area contributed by atoms with E-state index in [0.29, 0.717) is 10.7 Å². The number of aromatic nitrogens is 1. The highest BCUT2D eigenvalue weighted by atomic mass is 35.5. The van der Waals surface area contributed by atoms with Crippen LogP contribution in [0.25, 0.3) is 0 Å². The first-order chi connectivity index (χ1) is 14.8. The molecule has 1 amide bonds. The normalized spacial score (nSPS) is 13.1. The van der Waals surface area contributed by atoms with Gasteiger partial charge in [-0.25, -0.2) is 8.42 Å². The number of nitrogens with one attached hydrogen (secondary N) is 1. The van der Waals surface area contributed by atoms with Gasteiger partial charge in [-0.05, 0) is 54.9 Å². The zero-order valence-corrected chi connectivity index (χ0v) is 19.4. The number of nitrogens with two attached hydrogens (primary N) is 3. The Morgan fingerprint density at radius 1 is 1.22 bits per heavy atom. The van der Waals surface area contributed by atoms with Crippen LogP contribution >= 0.6 is 23.2 Å². The second-order valence-electron chi connectivity index (χ2n) is 6.83. The van der Waals surface area contributed by atoms with Crippen LogP contribution in [0.5, 0.6) is 0 Å². The van der Waals surface area contributed by atoms with Crippen LogP contribution in [0.2, 0.25) is 10.0 Å². The number of anilines is 1. The molecule has 1 aromatic carbocycles. The quantitative estimate of drug-likeness (QED) is 0.223. The van der Waals surface area contributed by atoms with E-state index in [4.69, 9.17) is 45.2 Å². The van der Waals surface area contributed by atoms with Crippen molar-refractivity contribution in [1.29, 1.82) is 0 Å². The van der Waals surface area contributed by atoms with Crippen molar-refractivity contribution in [2.75, 3.05) is 4.72 Å². The molecule has 1 heterocycles. The number of nitrogens with zero attached hydrogens (tertiary/aromatic N) is 2. The third-order valence-corrected chi connectivity index (χ3v) is 6.10. The van der Waals surface area contributed by atoms with Gasteiger partial charge in [0.15, 0.2) is 12.1 Å². The van der Waals surface area contributed by atoms with Crippen molar-refractivity contribution >= 4 is 50.8 Å². The summed E-state index contributed by atoms with van der Waals surface area (Å²) in [5.41, 5.74) is 15.3. The minimum absolute atomic E-state index is 0.195. The van der Waals surface area contributed by atoms with Gasteiger partial charge in [-0.1, -0.05) is 23.2 Å². The summed E-state index contributed by atoms with van der Waals surface area (Å²) in [4.78, 5) is 30.2. The Balaban J connectivity index is 2.44. The topological polar surface area (TPSA) is 185 Å². The predicted octanol–water partition coefficient (Wildman–Crippen LogP) is 1.03. The highest BCUT2D eigenvalue weighted by Crippen LogP contribution is 2.23. The molecule has 0 radical (unpaired) electrons. The molecule has 174 valence electrons. The molecule has 32 heavy (non-hydrogen) atoms. The summed E-state index contributed by atoms with van der Waals surface area (Å²) < 4.78 is 28.6. The molecule has 0 saturated carbocycles. The van der Waals surface area contributed by atoms with Gasteiger partial charge in [-0.3, -0.25) is 18.9 Å². The van der Waals surface area contributed by atoms with Crippen LogP contribution in [0, 0.1) is 6.92 Å². The predicted molar refractivity (Wildman–Crippen MR) is 123 cm³/mol. The number of carbonyl (C=O) groups excluding carboxylic acids is 1. The number of hydrogen-bond acceptors (Lipinski definition) is 6. The molecule has 0 aliphatic carbocycles. The number of rotatable bonds is 9. The van der Waals surface area contributed by atoms with E-state index >= 15 is 0 Å². The molecule has 2 unspecified atom stereocenters. The molecule has 0 aliphatic heterocycles. The Morgan fingerprint density at radius 3 is 2.47 bits per heavy atom. The molecule has 0 bridgehead atoms. The number of oxime groups is 1. The van der Waals surface area contributed by atoms with E-state index in [-0.39, 0.29) is 16.3 Å². The average Bonchev–Trinajstić information content (AvgIpc) is 2.67. The third kappa shape index (κ3) is 6.28. The van der Waals surface area contributed by atoms with E-state index in [1.165, 1.54) is 44.2 Å². The summed E-state index contributed by atoms with van der Waals surface area (Å²) >= 11 is 11.9. The lowest BCUT2D eigenvalue weighted by Crippen LogP contribution is -2.42. The van der Waals surface area contributed by atoms with E-state index in [1.807, 2.05) is 0 Å². The highest BCUT2D eigenvalue weighted by molar-refractivity contribution is 7.91. The molecule has 7 N–H and O–H groups in total. The lowest BCUT2D eigenvalue weighted by atomic mass is 10.1. The van der Waals surface area contributed by atoms with Gasteiger partial charge in [0.1, 0.15) is 5.69 Å². The van der Waals surface area contributed by atoms with E-state index in [0.717, 1.165) is 4.57 Å². The van der Waals surface area contributed by atoms with Crippen molar-refractivity contribution in [3.63, 3.8) is 0 Å². The third-order valence-electron chi connectivity index (χ3n) is 4.28. The number of pyridine rings is 1.